The molecule has 0 saturated heterocycles. The summed E-state index contributed by atoms with van der Waals surface area (Å²) in [6, 6.07) is 0. The lowest BCUT2D eigenvalue weighted by molar-refractivity contribution is 0.0956. The molecule has 0 aromatic carbocycles. The Hall–Kier alpha value is 0.330. The first kappa shape index (κ1) is 10.8. The largest absolute Gasteiger partial charge is 0.293 e. The van der Waals surface area contributed by atoms with Crippen molar-refractivity contribution in [1.82, 2.24) is 0 Å². The number of halogens is 2. The van der Waals surface area contributed by atoms with Gasteiger partial charge in [-0.1, -0.05) is 13.8 Å². The Morgan fingerprint density at radius 1 is 1.57 bits per heavy atom. The Labute approximate surface area is 104 Å². The number of carbonyl (C=O) groups excluding carboxylic acids is 1. The van der Waals surface area contributed by atoms with E-state index < -0.39 is 0 Å². The first-order valence-corrected chi connectivity index (χ1v) is 6.87. The number of hydrogen-bond donors (Lipinski definition) is 0. The standard InChI is InChI=1S/C10H10Br2OS/c1-10(2)3-5(10)8(13)9-7(12)6(11)4-14-9/h4-5H,3H2,1-2H3. The van der Waals surface area contributed by atoms with Gasteiger partial charge < -0.3 is 0 Å². The topological polar surface area (TPSA) is 17.1 Å². The van der Waals surface area contributed by atoms with Crippen molar-refractivity contribution < 1.29 is 4.79 Å². The van der Waals surface area contributed by atoms with Crippen molar-refractivity contribution in [2.45, 2.75) is 20.3 Å². The molecule has 14 heavy (non-hydrogen) atoms. The predicted molar refractivity (Wildman–Crippen MR) is 65.9 cm³/mol. The third-order valence-corrected chi connectivity index (χ3v) is 6.28. The summed E-state index contributed by atoms with van der Waals surface area (Å²) in [5.74, 6) is 0.516. The third-order valence-electron chi connectivity index (χ3n) is 2.74. The molecule has 1 unspecified atom stereocenters. The molecule has 0 amide bonds. The molecule has 0 N–H and O–H groups in total. The van der Waals surface area contributed by atoms with E-state index in [1.807, 2.05) is 5.38 Å². The lowest BCUT2D eigenvalue weighted by Crippen LogP contribution is -2.04. The highest BCUT2D eigenvalue weighted by atomic mass is 79.9. The Morgan fingerprint density at radius 2 is 2.14 bits per heavy atom. The summed E-state index contributed by atoms with van der Waals surface area (Å²) in [6.07, 6.45) is 1.02. The summed E-state index contributed by atoms with van der Waals surface area (Å²) in [5.41, 5.74) is 0.215. The normalized spacial score (nSPS) is 23.6. The fourth-order valence-electron chi connectivity index (χ4n) is 1.56. The molecular formula is C10H10Br2OS. The highest BCUT2D eigenvalue weighted by molar-refractivity contribution is 9.13. The smallest absolute Gasteiger partial charge is 0.177 e. The Bertz CT molecular complexity index is 395. The van der Waals surface area contributed by atoms with Gasteiger partial charge in [0.25, 0.3) is 0 Å². The molecule has 1 fully saturated rings. The van der Waals surface area contributed by atoms with E-state index in [0.29, 0.717) is 0 Å². The van der Waals surface area contributed by atoms with Gasteiger partial charge in [-0.3, -0.25) is 4.79 Å². The number of ketones is 1. The van der Waals surface area contributed by atoms with E-state index >= 15 is 0 Å². The second-order valence-corrected chi connectivity index (χ2v) is 6.86. The first-order chi connectivity index (χ1) is 6.43. The van der Waals surface area contributed by atoms with Crippen LogP contribution in [0, 0.1) is 11.3 Å². The van der Waals surface area contributed by atoms with Gasteiger partial charge in [0.1, 0.15) is 0 Å². The molecule has 76 valence electrons. The van der Waals surface area contributed by atoms with Crippen LogP contribution in [0.15, 0.2) is 14.3 Å². The quantitative estimate of drug-likeness (QED) is 0.726. The second-order valence-electron chi connectivity index (χ2n) is 4.34. The van der Waals surface area contributed by atoms with Crippen LogP contribution in [0.4, 0.5) is 0 Å². The van der Waals surface area contributed by atoms with Crippen molar-refractivity contribution in [2.75, 3.05) is 0 Å². The van der Waals surface area contributed by atoms with Gasteiger partial charge in [0.15, 0.2) is 5.78 Å². The predicted octanol–water partition coefficient (Wildman–Crippen LogP) is 4.50. The van der Waals surface area contributed by atoms with E-state index in [-0.39, 0.29) is 17.1 Å². The molecule has 0 aliphatic heterocycles. The van der Waals surface area contributed by atoms with E-state index in [9.17, 15) is 4.79 Å². The third kappa shape index (κ3) is 1.72. The molecule has 4 heteroatoms. The van der Waals surface area contributed by atoms with Crippen LogP contribution < -0.4 is 0 Å². The van der Waals surface area contributed by atoms with Gasteiger partial charge in [-0.15, -0.1) is 11.3 Å². The summed E-state index contributed by atoms with van der Waals surface area (Å²) in [5, 5.41) is 1.95. The van der Waals surface area contributed by atoms with E-state index in [1.165, 1.54) is 11.3 Å². The lowest BCUT2D eigenvalue weighted by Gasteiger charge is -2.01. The molecule has 1 aliphatic rings. The molecular weight excluding hydrogens is 328 g/mol. The number of rotatable bonds is 2. The molecule has 1 saturated carbocycles. The zero-order valence-corrected chi connectivity index (χ0v) is 11.9. The zero-order chi connectivity index (χ0) is 10.5. The number of Topliss-reactive ketones (excluding diaryl/α,β-unsaturated/α-hetero) is 1. The van der Waals surface area contributed by atoms with Crippen molar-refractivity contribution in [3.8, 4) is 0 Å². The highest BCUT2D eigenvalue weighted by Gasteiger charge is 2.51. The molecule has 2 rings (SSSR count). The van der Waals surface area contributed by atoms with Crippen LogP contribution in [0.25, 0.3) is 0 Å². The Morgan fingerprint density at radius 3 is 2.50 bits per heavy atom. The molecule has 1 aliphatic carbocycles. The van der Waals surface area contributed by atoms with Crippen LogP contribution in [-0.2, 0) is 0 Å². The number of carbonyl (C=O) groups is 1. The number of thiophene rings is 1. The van der Waals surface area contributed by atoms with Gasteiger partial charge in [-0.2, -0.15) is 0 Å². The average Bonchev–Trinajstić information content (AvgIpc) is 2.61. The van der Waals surface area contributed by atoms with Gasteiger partial charge in [0.05, 0.1) is 9.35 Å². The van der Waals surface area contributed by atoms with E-state index in [1.54, 1.807) is 0 Å². The molecule has 1 atom stereocenters. The van der Waals surface area contributed by atoms with Gasteiger partial charge in [-0.05, 0) is 43.7 Å². The average molecular weight is 338 g/mol. The second kappa shape index (κ2) is 3.42. The molecule has 1 nitrogen and oxygen atoms in total. The summed E-state index contributed by atoms with van der Waals surface area (Å²) in [4.78, 5) is 12.9. The Kier molecular flexibility index (Phi) is 2.65. The van der Waals surface area contributed by atoms with Crippen molar-refractivity contribution in [3.63, 3.8) is 0 Å². The van der Waals surface area contributed by atoms with Gasteiger partial charge >= 0.3 is 0 Å². The summed E-state index contributed by atoms with van der Waals surface area (Å²) in [6.45, 7) is 4.29. The number of hydrogen-bond acceptors (Lipinski definition) is 2. The summed E-state index contributed by atoms with van der Waals surface area (Å²) >= 11 is 8.33. The molecule has 0 spiro atoms. The van der Waals surface area contributed by atoms with Crippen LogP contribution in [-0.4, -0.2) is 5.78 Å². The van der Waals surface area contributed by atoms with Crippen molar-refractivity contribution in [2.24, 2.45) is 11.3 Å². The van der Waals surface area contributed by atoms with Gasteiger partial charge in [0.2, 0.25) is 0 Å². The minimum absolute atomic E-state index is 0.215. The highest BCUT2D eigenvalue weighted by Crippen LogP contribution is 2.54. The minimum Gasteiger partial charge on any atom is -0.293 e. The van der Waals surface area contributed by atoms with E-state index in [4.69, 9.17) is 0 Å². The fourth-order valence-corrected chi connectivity index (χ4v) is 3.72. The maximum Gasteiger partial charge on any atom is 0.177 e. The fraction of sp³-hybridized carbons (Fsp3) is 0.500. The van der Waals surface area contributed by atoms with E-state index in [2.05, 4.69) is 45.7 Å². The molecule has 1 aromatic rings. The monoisotopic (exact) mass is 336 g/mol. The molecule has 1 heterocycles. The van der Waals surface area contributed by atoms with Crippen molar-refractivity contribution in [1.29, 1.82) is 0 Å². The van der Waals surface area contributed by atoms with E-state index in [0.717, 1.165) is 20.2 Å². The maximum atomic E-state index is 12.0. The van der Waals surface area contributed by atoms with Gasteiger partial charge in [-0.25, -0.2) is 0 Å². The van der Waals surface area contributed by atoms with Crippen LogP contribution in [0.2, 0.25) is 0 Å². The summed E-state index contributed by atoms with van der Waals surface area (Å²) in [7, 11) is 0. The SMILES string of the molecule is CC1(C)CC1C(=O)c1scc(Br)c1Br. The Balaban J connectivity index is 2.25. The van der Waals surface area contributed by atoms with Crippen LogP contribution in [0.1, 0.15) is 29.9 Å². The zero-order valence-electron chi connectivity index (χ0n) is 7.93. The lowest BCUT2D eigenvalue weighted by atomic mass is 10.1. The first-order valence-electron chi connectivity index (χ1n) is 4.40. The molecule has 0 bridgehead atoms. The van der Waals surface area contributed by atoms with Crippen molar-refractivity contribution in [3.05, 3.63) is 19.2 Å². The molecule has 0 radical (unpaired) electrons. The maximum absolute atomic E-state index is 12.0. The van der Waals surface area contributed by atoms with Crippen LogP contribution in [0.5, 0.6) is 0 Å². The minimum atomic E-state index is 0.215. The summed E-state index contributed by atoms with van der Waals surface area (Å²) < 4.78 is 1.89. The van der Waals surface area contributed by atoms with Crippen LogP contribution in [0.3, 0.4) is 0 Å². The van der Waals surface area contributed by atoms with Crippen molar-refractivity contribution >= 4 is 49.0 Å². The van der Waals surface area contributed by atoms with Gasteiger partial charge in [0, 0.05) is 15.8 Å². The van der Waals surface area contributed by atoms with Crippen LogP contribution >= 0.6 is 43.2 Å². The molecule has 1 aromatic heterocycles.